The highest BCUT2D eigenvalue weighted by Gasteiger charge is 2.18. The minimum absolute atomic E-state index is 0.0317. The molecular formula is C14H20N2OS. The SMILES string of the molecule is NC(Cc1ccccc1)C(=O)NCC1CCSC1. The second-order valence-corrected chi connectivity index (χ2v) is 5.92. The predicted octanol–water partition coefficient (Wildman–Crippen LogP) is 1.43. The van der Waals surface area contributed by atoms with Crippen molar-refractivity contribution in [1.29, 1.82) is 0 Å². The first-order chi connectivity index (χ1) is 8.75. The van der Waals surface area contributed by atoms with Crippen LogP contribution in [0.1, 0.15) is 12.0 Å². The second kappa shape index (κ2) is 6.81. The predicted molar refractivity (Wildman–Crippen MR) is 76.6 cm³/mol. The van der Waals surface area contributed by atoms with E-state index in [0.717, 1.165) is 17.9 Å². The molecule has 1 aromatic rings. The van der Waals surface area contributed by atoms with Gasteiger partial charge in [0.05, 0.1) is 6.04 Å². The number of hydrogen-bond donors (Lipinski definition) is 2. The number of amides is 1. The Balaban J connectivity index is 1.74. The fraction of sp³-hybridized carbons (Fsp3) is 0.500. The molecule has 0 bridgehead atoms. The molecule has 1 aromatic carbocycles. The maximum Gasteiger partial charge on any atom is 0.237 e. The number of rotatable bonds is 5. The van der Waals surface area contributed by atoms with Crippen LogP contribution in [0.4, 0.5) is 0 Å². The molecule has 1 saturated heterocycles. The van der Waals surface area contributed by atoms with Crippen molar-refractivity contribution in [1.82, 2.24) is 5.32 Å². The second-order valence-electron chi connectivity index (χ2n) is 4.77. The highest BCUT2D eigenvalue weighted by atomic mass is 32.2. The van der Waals surface area contributed by atoms with Crippen LogP contribution in [0.25, 0.3) is 0 Å². The van der Waals surface area contributed by atoms with Gasteiger partial charge in [-0.3, -0.25) is 4.79 Å². The zero-order valence-electron chi connectivity index (χ0n) is 10.5. The molecule has 2 rings (SSSR count). The third-order valence-corrected chi connectivity index (χ3v) is 4.46. The molecule has 18 heavy (non-hydrogen) atoms. The van der Waals surface area contributed by atoms with Gasteiger partial charge in [-0.25, -0.2) is 0 Å². The van der Waals surface area contributed by atoms with E-state index in [-0.39, 0.29) is 5.91 Å². The molecule has 3 N–H and O–H groups in total. The molecule has 98 valence electrons. The Morgan fingerprint density at radius 1 is 1.44 bits per heavy atom. The van der Waals surface area contributed by atoms with Crippen LogP contribution in [0.3, 0.4) is 0 Å². The topological polar surface area (TPSA) is 55.1 Å². The Morgan fingerprint density at radius 3 is 2.89 bits per heavy atom. The highest BCUT2D eigenvalue weighted by molar-refractivity contribution is 7.99. The number of nitrogens with one attached hydrogen (secondary N) is 1. The molecule has 0 saturated carbocycles. The van der Waals surface area contributed by atoms with Gasteiger partial charge in [-0.2, -0.15) is 11.8 Å². The number of carbonyl (C=O) groups is 1. The van der Waals surface area contributed by atoms with Crippen molar-refractivity contribution in [3.8, 4) is 0 Å². The van der Waals surface area contributed by atoms with E-state index in [2.05, 4.69) is 5.32 Å². The lowest BCUT2D eigenvalue weighted by Crippen LogP contribution is -2.43. The lowest BCUT2D eigenvalue weighted by Gasteiger charge is -2.14. The molecule has 0 aromatic heterocycles. The molecule has 3 nitrogen and oxygen atoms in total. The van der Waals surface area contributed by atoms with Crippen molar-refractivity contribution >= 4 is 17.7 Å². The van der Waals surface area contributed by atoms with Gasteiger partial charge in [-0.05, 0) is 35.8 Å². The minimum atomic E-state index is -0.443. The van der Waals surface area contributed by atoms with E-state index >= 15 is 0 Å². The first-order valence-electron chi connectivity index (χ1n) is 6.40. The lowest BCUT2D eigenvalue weighted by molar-refractivity contribution is -0.122. The van der Waals surface area contributed by atoms with Gasteiger partial charge < -0.3 is 11.1 Å². The third kappa shape index (κ3) is 4.03. The Morgan fingerprint density at radius 2 is 2.22 bits per heavy atom. The summed E-state index contributed by atoms with van der Waals surface area (Å²) in [4.78, 5) is 11.9. The smallest absolute Gasteiger partial charge is 0.237 e. The summed E-state index contributed by atoms with van der Waals surface area (Å²) in [5.41, 5.74) is 7.02. The van der Waals surface area contributed by atoms with Gasteiger partial charge in [0.1, 0.15) is 0 Å². The molecular weight excluding hydrogens is 244 g/mol. The van der Waals surface area contributed by atoms with Crippen molar-refractivity contribution in [2.24, 2.45) is 11.7 Å². The number of carbonyl (C=O) groups excluding carboxylic acids is 1. The summed E-state index contributed by atoms with van der Waals surface area (Å²) in [5.74, 6) is 2.98. The molecule has 1 fully saturated rings. The zero-order valence-corrected chi connectivity index (χ0v) is 11.3. The van der Waals surface area contributed by atoms with Gasteiger partial charge in [0, 0.05) is 6.54 Å². The molecule has 1 aliphatic rings. The van der Waals surface area contributed by atoms with Gasteiger partial charge >= 0.3 is 0 Å². The molecule has 1 aliphatic heterocycles. The Kier molecular flexibility index (Phi) is 5.08. The molecule has 4 heteroatoms. The summed E-state index contributed by atoms with van der Waals surface area (Å²) >= 11 is 1.96. The molecule has 1 heterocycles. The third-order valence-electron chi connectivity index (χ3n) is 3.22. The van der Waals surface area contributed by atoms with Crippen LogP contribution in [-0.4, -0.2) is 30.0 Å². The summed E-state index contributed by atoms with van der Waals surface area (Å²) in [6.07, 6.45) is 1.81. The van der Waals surface area contributed by atoms with E-state index < -0.39 is 6.04 Å². The number of benzene rings is 1. The standard InChI is InChI=1S/C14H20N2OS/c15-13(8-11-4-2-1-3-5-11)14(17)16-9-12-6-7-18-10-12/h1-5,12-13H,6-10,15H2,(H,16,17). The highest BCUT2D eigenvalue weighted by Crippen LogP contribution is 2.22. The number of hydrogen-bond acceptors (Lipinski definition) is 3. The van der Waals surface area contributed by atoms with E-state index in [9.17, 15) is 4.79 Å². The monoisotopic (exact) mass is 264 g/mol. The van der Waals surface area contributed by atoms with Crippen LogP contribution in [0.15, 0.2) is 30.3 Å². The molecule has 0 aliphatic carbocycles. The van der Waals surface area contributed by atoms with Crippen molar-refractivity contribution in [3.05, 3.63) is 35.9 Å². The maximum absolute atomic E-state index is 11.9. The van der Waals surface area contributed by atoms with Crippen LogP contribution in [0.2, 0.25) is 0 Å². The largest absolute Gasteiger partial charge is 0.354 e. The molecule has 2 unspecified atom stereocenters. The van der Waals surface area contributed by atoms with Crippen LogP contribution < -0.4 is 11.1 Å². The van der Waals surface area contributed by atoms with Crippen molar-refractivity contribution < 1.29 is 4.79 Å². The minimum Gasteiger partial charge on any atom is -0.354 e. The van der Waals surface area contributed by atoms with Crippen LogP contribution in [0.5, 0.6) is 0 Å². The first-order valence-corrected chi connectivity index (χ1v) is 7.56. The lowest BCUT2D eigenvalue weighted by atomic mass is 10.1. The first kappa shape index (κ1) is 13.4. The zero-order chi connectivity index (χ0) is 12.8. The summed E-state index contributed by atoms with van der Waals surface area (Å²) < 4.78 is 0. The maximum atomic E-state index is 11.9. The summed E-state index contributed by atoms with van der Waals surface area (Å²) in [5, 5.41) is 2.97. The average molecular weight is 264 g/mol. The number of thioether (sulfide) groups is 1. The molecule has 1 amide bonds. The van der Waals surface area contributed by atoms with Crippen molar-refractivity contribution in [2.45, 2.75) is 18.9 Å². The quantitative estimate of drug-likeness (QED) is 0.846. The van der Waals surface area contributed by atoms with E-state index in [1.165, 1.54) is 12.2 Å². The van der Waals surface area contributed by atoms with Crippen LogP contribution >= 0.6 is 11.8 Å². The fourth-order valence-electron chi connectivity index (χ4n) is 2.08. The van der Waals surface area contributed by atoms with Crippen LogP contribution in [0, 0.1) is 5.92 Å². The van der Waals surface area contributed by atoms with E-state index in [4.69, 9.17) is 5.73 Å². The summed E-state index contributed by atoms with van der Waals surface area (Å²) in [7, 11) is 0. The van der Waals surface area contributed by atoms with Gasteiger partial charge in [-0.1, -0.05) is 30.3 Å². The van der Waals surface area contributed by atoms with Crippen LogP contribution in [-0.2, 0) is 11.2 Å². The van der Waals surface area contributed by atoms with Gasteiger partial charge in [-0.15, -0.1) is 0 Å². The summed E-state index contributed by atoms with van der Waals surface area (Å²) in [6, 6.07) is 9.46. The normalized spacial score (nSPS) is 20.6. The summed E-state index contributed by atoms with van der Waals surface area (Å²) in [6.45, 7) is 0.772. The van der Waals surface area contributed by atoms with Gasteiger partial charge in [0.25, 0.3) is 0 Å². The Hall–Kier alpha value is -1.00. The molecule has 0 spiro atoms. The van der Waals surface area contributed by atoms with Crippen molar-refractivity contribution in [2.75, 3.05) is 18.1 Å². The van der Waals surface area contributed by atoms with Crippen molar-refractivity contribution in [3.63, 3.8) is 0 Å². The average Bonchev–Trinajstić information content (AvgIpc) is 2.90. The van der Waals surface area contributed by atoms with E-state index in [0.29, 0.717) is 12.3 Å². The van der Waals surface area contributed by atoms with Gasteiger partial charge in [0.15, 0.2) is 0 Å². The fourth-order valence-corrected chi connectivity index (χ4v) is 3.37. The molecule has 2 atom stereocenters. The van der Waals surface area contributed by atoms with Gasteiger partial charge in [0.2, 0.25) is 5.91 Å². The number of nitrogens with two attached hydrogens (primary N) is 1. The van der Waals surface area contributed by atoms with E-state index in [1.807, 2.05) is 42.1 Å². The molecule has 0 radical (unpaired) electrons. The van der Waals surface area contributed by atoms with E-state index in [1.54, 1.807) is 0 Å². The Labute approximate surface area is 113 Å². The Bertz CT molecular complexity index is 377.